The number of thiophene rings is 1. The van der Waals surface area contributed by atoms with Crippen LogP contribution < -0.4 is 11.1 Å². The van der Waals surface area contributed by atoms with Crippen LogP contribution in [0.3, 0.4) is 0 Å². The maximum Gasteiger partial charge on any atom is 0.220 e. The Labute approximate surface area is 131 Å². The average molecular weight is 304 g/mol. The number of hydrogen-bond donors (Lipinski definition) is 2. The van der Waals surface area contributed by atoms with Gasteiger partial charge in [-0.15, -0.1) is 11.3 Å². The third-order valence-electron chi connectivity index (χ3n) is 3.90. The minimum atomic E-state index is 0.185. The van der Waals surface area contributed by atoms with E-state index in [1.807, 2.05) is 11.4 Å². The summed E-state index contributed by atoms with van der Waals surface area (Å²) in [4.78, 5) is 13.2. The monoisotopic (exact) mass is 304 g/mol. The van der Waals surface area contributed by atoms with Gasteiger partial charge in [0.25, 0.3) is 0 Å². The highest BCUT2D eigenvalue weighted by molar-refractivity contribution is 7.10. The van der Waals surface area contributed by atoms with Gasteiger partial charge in [0.2, 0.25) is 5.91 Å². The van der Waals surface area contributed by atoms with Crippen LogP contribution in [0, 0.1) is 17.8 Å². The van der Waals surface area contributed by atoms with Gasteiger partial charge in [-0.2, -0.15) is 0 Å². The normalized spacial score (nSPS) is 15.9. The van der Waals surface area contributed by atoms with E-state index in [-0.39, 0.29) is 5.91 Å². The summed E-state index contributed by atoms with van der Waals surface area (Å²) < 4.78 is 0. The Kier molecular flexibility index (Phi) is 6.78. The van der Waals surface area contributed by atoms with Gasteiger partial charge in [0, 0.05) is 22.2 Å². The highest BCUT2D eigenvalue weighted by Crippen LogP contribution is 2.25. The van der Waals surface area contributed by atoms with Crippen LogP contribution in [0.4, 0.5) is 0 Å². The van der Waals surface area contributed by atoms with Crippen LogP contribution in [-0.2, 0) is 11.3 Å². The van der Waals surface area contributed by atoms with E-state index in [1.54, 1.807) is 11.3 Å². The fraction of sp³-hybridized carbons (Fsp3) is 0.588. The van der Waals surface area contributed by atoms with Crippen LogP contribution in [0.15, 0.2) is 11.4 Å². The third kappa shape index (κ3) is 5.91. The molecule has 0 aliphatic heterocycles. The molecule has 1 aromatic rings. The van der Waals surface area contributed by atoms with Crippen molar-refractivity contribution in [3.8, 4) is 11.8 Å². The third-order valence-corrected chi connectivity index (χ3v) is 4.83. The largest absolute Gasteiger partial charge is 0.351 e. The van der Waals surface area contributed by atoms with E-state index in [4.69, 9.17) is 5.73 Å². The highest BCUT2D eigenvalue weighted by atomic mass is 32.1. The van der Waals surface area contributed by atoms with Crippen molar-refractivity contribution in [2.45, 2.75) is 51.5 Å². The van der Waals surface area contributed by atoms with Crippen molar-refractivity contribution in [2.75, 3.05) is 6.54 Å². The first kappa shape index (κ1) is 16.1. The van der Waals surface area contributed by atoms with Gasteiger partial charge in [0.1, 0.15) is 0 Å². The molecule has 2 rings (SSSR count). The standard InChI is InChI=1S/C17H24N2OS/c18-9-5-8-15-10-16(21-13-15)12-19-17(20)11-14-6-3-1-2-4-7-14/h10,13-14H,1-4,6-7,9,11-12,18H2,(H,19,20). The van der Waals surface area contributed by atoms with Crippen molar-refractivity contribution in [1.82, 2.24) is 5.32 Å². The summed E-state index contributed by atoms with van der Waals surface area (Å²) in [6.07, 6.45) is 8.35. The van der Waals surface area contributed by atoms with Crippen LogP contribution in [0.2, 0.25) is 0 Å². The highest BCUT2D eigenvalue weighted by Gasteiger charge is 2.15. The van der Waals surface area contributed by atoms with Crippen LogP contribution in [-0.4, -0.2) is 12.5 Å². The zero-order chi connectivity index (χ0) is 14.9. The lowest BCUT2D eigenvalue weighted by molar-refractivity contribution is -0.122. The van der Waals surface area contributed by atoms with Gasteiger partial charge in [-0.05, 0) is 24.8 Å². The molecule has 0 bridgehead atoms. The summed E-state index contributed by atoms with van der Waals surface area (Å²) in [5.74, 6) is 6.62. The second-order valence-corrected chi connectivity index (χ2v) is 6.64. The molecule has 0 radical (unpaired) electrons. The van der Waals surface area contributed by atoms with E-state index in [0.29, 0.717) is 25.4 Å². The van der Waals surface area contributed by atoms with E-state index >= 15 is 0 Å². The van der Waals surface area contributed by atoms with Crippen LogP contribution in [0.25, 0.3) is 0 Å². The fourth-order valence-corrected chi connectivity index (χ4v) is 3.54. The molecule has 1 amide bonds. The summed E-state index contributed by atoms with van der Waals surface area (Å²) in [6, 6.07) is 2.03. The molecule has 0 spiro atoms. The lowest BCUT2D eigenvalue weighted by Crippen LogP contribution is -2.24. The zero-order valence-electron chi connectivity index (χ0n) is 12.5. The molecule has 114 valence electrons. The predicted octanol–water partition coefficient (Wildman–Crippen LogP) is 3.04. The van der Waals surface area contributed by atoms with Gasteiger partial charge in [-0.1, -0.05) is 37.5 Å². The molecule has 4 heteroatoms. The summed E-state index contributed by atoms with van der Waals surface area (Å²) >= 11 is 1.63. The molecule has 0 unspecified atom stereocenters. The van der Waals surface area contributed by atoms with E-state index in [2.05, 4.69) is 17.2 Å². The summed E-state index contributed by atoms with van der Waals surface area (Å²) in [7, 11) is 0. The smallest absolute Gasteiger partial charge is 0.220 e. The van der Waals surface area contributed by atoms with Crippen LogP contribution >= 0.6 is 11.3 Å². The quantitative estimate of drug-likeness (QED) is 0.663. The van der Waals surface area contributed by atoms with Gasteiger partial charge < -0.3 is 11.1 Å². The molecule has 0 atom stereocenters. The van der Waals surface area contributed by atoms with Crippen LogP contribution in [0.5, 0.6) is 0 Å². The molecular weight excluding hydrogens is 280 g/mol. The maximum absolute atomic E-state index is 12.0. The fourth-order valence-electron chi connectivity index (χ4n) is 2.78. The maximum atomic E-state index is 12.0. The zero-order valence-corrected chi connectivity index (χ0v) is 13.3. The van der Waals surface area contributed by atoms with E-state index < -0.39 is 0 Å². The Hall–Kier alpha value is -1.31. The summed E-state index contributed by atoms with van der Waals surface area (Å²) in [5.41, 5.74) is 6.34. The van der Waals surface area contributed by atoms with Gasteiger partial charge in [-0.25, -0.2) is 0 Å². The first-order chi connectivity index (χ1) is 10.3. The molecule has 1 saturated carbocycles. The molecular formula is C17H24N2OS. The Balaban J connectivity index is 1.74. The van der Waals surface area contributed by atoms with Crippen molar-refractivity contribution >= 4 is 17.2 Å². The molecule has 1 fully saturated rings. The van der Waals surface area contributed by atoms with Crippen molar-refractivity contribution in [3.63, 3.8) is 0 Å². The van der Waals surface area contributed by atoms with Crippen molar-refractivity contribution in [2.24, 2.45) is 11.7 Å². The van der Waals surface area contributed by atoms with Crippen LogP contribution in [0.1, 0.15) is 55.4 Å². The lowest BCUT2D eigenvalue weighted by Gasteiger charge is -2.13. The number of amides is 1. The van der Waals surface area contributed by atoms with Crippen molar-refractivity contribution in [1.29, 1.82) is 0 Å². The van der Waals surface area contributed by atoms with E-state index in [0.717, 1.165) is 10.4 Å². The molecule has 1 aliphatic carbocycles. The second-order valence-electron chi connectivity index (χ2n) is 5.65. The molecule has 1 aliphatic rings. The Morgan fingerprint density at radius 3 is 2.81 bits per heavy atom. The first-order valence-corrected chi connectivity index (χ1v) is 8.69. The molecule has 0 saturated heterocycles. The number of hydrogen-bond acceptors (Lipinski definition) is 3. The summed E-state index contributed by atoms with van der Waals surface area (Å²) in [5, 5.41) is 5.04. The Morgan fingerprint density at radius 1 is 1.33 bits per heavy atom. The predicted molar refractivity (Wildman–Crippen MR) is 87.9 cm³/mol. The summed E-state index contributed by atoms with van der Waals surface area (Å²) in [6.45, 7) is 0.990. The molecule has 3 N–H and O–H groups in total. The lowest BCUT2D eigenvalue weighted by atomic mass is 9.96. The number of carbonyl (C=O) groups excluding carboxylic acids is 1. The number of nitrogens with one attached hydrogen (secondary N) is 1. The molecule has 0 aromatic carbocycles. The van der Waals surface area contributed by atoms with Gasteiger partial charge in [0.15, 0.2) is 0 Å². The first-order valence-electron chi connectivity index (χ1n) is 7.81. The molecule has 3 nitrogen and oxygen atoms in total. The number of rotatable bonds is 4. The Morgan fingerprint density at radius 2 is 2.10 bits per heavy atom. The average Bonchev–Trinajstić information content (AvgIpc) is 2.79. The molecule has 1 aromatic heterocycles. The van der Waals surface area contributed by atoms with Crippen molar-refractivity contribution in [3.05, 3.63) is 21.9 Å². The Bertz CT molecular complexity index is 504. The van der Waals surface area contributed by atoms with Gasteiger partial charge in [-0.3, -0.25) is 4.79 Å². The topological polar surface area (TPSA) is 55.1 Å². The van der Waals surface area contributed by atoms with E-state index in [9.17, 15) is 4.79 Å². The number of carbonyl (C=O) groups is 1. The van der Waals surface area contributed by atoms with E-state index in [1.165, 1.54) is 38.5 Å². The SMILES string of the molecule is NCC#Cc1csc(CNC(=O)CC2CCCCCC2)c1. The minimum absolute atomic E-state index is 0.185. The van der Waals surface area contributed by atoms with Gasteiger partial charge in [0.05, 0.1) is 13.1 Å². The van der Waals surface area contributed by atoms with Gasteiger partial charge >= 0.3 is 0 Å². The number of nitrogens with two attached hydrogens (primary N) is 1. The molecule has 1 heterocycles. The minimum Gasteiger partial charge on any atom is -0.351 e. The van der Waals surface area contributed by atoms with Crippen molar-refractivity contribution < 1.29 is 4.79 Å². The molecule has 21 heavy (non-hydrogen) atoms. The second kappa shape index (κ2) is 8.86.